The van der Waals surface area contributed by atoms with Crippen molar-refractivity contribution in [2.24, 2.45) is 5.41 Å². The predicted octanol–water partition coefficient (Wildman–Crippen LogP) is 2.05. The van der Waals surface area contributed by atoms with Crippen LogP contribution in [0.2, 0.25) is 0 Å². The molecule has 118 valence electrons. The molecular formula is C15H25N3O2S. The first-order valence-electron chi connectivity index (χ1n) is 7.54. The van der Waals surface area contributed by atoms with Crippen molar-refractivity contribution >= 4 is 10.0 Å². The Morgan fingerprint density at radius 2 is 1.95 bits per heavy atom. The van der Waals surface area contributed by atoms with Gasteiger partial charge < -0.3 is 5.32 Å². The van der Waals surface area contributed by atoms with Gasteiger partial charge in [-0.25, -0.2) is 18.1 Å². The fourth-order valence-electron chi connectivity index (χ4n) is 2.80. The molecule has 0 radical (unpaired) electrons. The molecule has 1 aliphatic rings. The molecule has 1 aromatic rings. The Hall–Kier alpha value is -0.980. The Kier molecular flexibility index (Phi) is 5.35. The summed E-state index contributed by atoms with van der Waals surface area (Å²) in [6.45, 7) is 3.34. The minimum atomic E-state index is -3.51. The third-order valence-corrected chi connectivity index (χ3v) is 5.52. The zero-order valence-electron chi connectivity index (χ0n) is 12.9. The first kappa shape index (κ1) is 16.4. The highest BCUT2D eigenvalue weighted by Gasteiger charge is 2.29. The summed E-state index contributed by atoms with van der Waals surface area (Å²) in [5, 5.41) is 3.11. The van der Waals surface area contributed by atoms with Crippen LogP contribution in [0, 0.1) is 5.41 Å². The highest BCUT2D eigenvalue weighted by atomic mass is 32.2. The van der Waals surface area contributed by atoms with Crippen molar-refractivity contribution in [3.63, 3.8) is 0 Å². The first-order valence-corrected chi connectivity index (χ1v) is 9.03. The van der Waals surface area contributed by atoms with Gasteiger partial charge in [0.15, 0.2) is 5.03 Å². The second kappa shape index (κ2) is 6.85. The van der Waals surface area contributed by atoms with E-state index in [9.17, 15) is 8.42 Å². The van der Waals surface area contributed by atoms with Crippen LogP contribution in [-0.4, -0.2) is 27.0 Å². The van der Waals surface area contributed by atoms with E-state index in [1.807, 2.05) is 7.05 Å². The van der Waals surface area contributed by atoms with Crippen molar-refractivity contribution in [3.8, 4) is 0 Å². The summed E-state index contributed by atoms with van der Waals surface area (Å²) in [6.07, 6.45) is 7.42. The van der Waals surface area contributed by atoms with E-state index in [-0.39, 0.29) is 10.4 Å². The van der Waals surface area contributed by atoms with Crippen molar-refractivity contribution in [2.75, 3.05) is 13.6 Å². The van der Waals surface area contributed by atoms with Gasteiger partial charge in [-0.1, -0.05) is 32.3 Å². The molecule has 2 rings (SSSR count). The number of aromatic nitrogens is 1. The summed E-state index contributed by atoms with van der Waals surface area (Å²) >= 11 is 0. The van der Waals surface area contributed by atoms with E-state index < -0.39 is 10.0 Å². The van der Waals surface area contributed by atoms with Crippen LogP contribution in [0.3, 0.4) is 0 Å². The summed E-state index contributed by atoms with van der Waals surface area (Å²) < 4.78 is 27.3. The standard InChI is InChI=1S/C15H25N3O2S/c1-15(8-4-3-5-9-15)12-18-21(19,20)14-7-6-13(10-16-2)11-17-14/h6-7,11,16,18H,3-5,8-10,12H2,1-2H3. The molecule has 1 heterocycles. The van der Waals surface area contributed by atoms with Gasteiger partial charge in [0.2, 0.25) is 0 Å². The Balaban J connectivity index is 2.00. The quantitative estimate of drug-likeness (QED) is 0.843. The second-order valence-corrected chi connectivity index (χ2v) is 7.94. The number of sulfonamides is 1. The molecular weight excluding hydrogens is 286 g/mol. The largest absolute Gasteiger partial charge is 0.316 e. The van der Waals surface area contributed by atoms with Crippen LogP contribution in [0.15, 0.2) is 23.4 Å². The van der Waals surface area contributed by atoms with Gasteiger partial charge in [-0.15, -0.1) is 0 Å². The minimum Gasteiger partial charge on any atom is -0.316 e. The van der Waals surface area contributed by atoms with Gasteiger partial charge in [0.25, 0.3) is 10.0 Å². The Morgan fingerprint density at radius 3 is 2.52 bits per heavy atom. The van der Waals surface area contributed by atoms with Crippen molar-refractivity contribution < 1.29 is 8.42 Å². The smallest absolute Gasteiger partial charge is 0.258 e. The lowest BCUT2D eigenvalue weighted by atomic mass is 9.76. The summed E-state index contributed by atoms with van der Waals surface area (Å²) in [7, 11) is -1.67. The van der Waals surface area contributed by atoms with Crippen LogP contribution in [0.5, 0.6) is 0 Å². The van der Waals surface area contributed by atoms with Crippen molar-refractivity contribution in [1.29, 1.82) is 0 Å². The average Bonchev–Trinajstić information content (AvgIpc) is 2.47. The maximum Gasteiger partial charge on any atom is 0.258 e. The van der Waals surface area contributed by atoms with Gasteiger partial charge in [0, 0.05) is 19.3 Å². The molecule has 1 aromatic heterocycles. The lowest BCUT2D eigenvalue weighted by molar-refractivity contribution is 0.219. The summed E-state index contributed by atoms with van der Waals surface area (Å²) in [4.78, 5) is 4.06. The number of rotatable bonds is 6. The summed E-state index contributed by atoms with van der Waals surface area (Å²) in [5.41, 5.74) is 1.05. The van der Waals surface area contributed by atoms with Gasteiger partial charge in [0.1, 0.15) is 0 Å². The monoisotopic (exact) mass is 311 g/mol. The Bertz CT molecular complexity index is 549. The predicted molar refractivity (Wildman–Crippen MR) is 83.4 cm³/mol. The van der Waals surface area contributed by atoms with E-state index in [4.69, 9.17) is 0 Å². The van der Waals surface area contributed by atoms with Gasteiger partial charge in [-0.3, -0.25) is 0 Å². The van der Waals surface area contributed by atoms with E-state index in [1.54, 1.807) is 18.3 Å². The number of nitrogens with zero attached hydrogens (tertiary/aromatic N) is 1. The second-order valence-electron chi connectivity index (χ2n) is 6.23. The van der Waals surface area contributed by atoms with Crippen LogP contribution < -0.4 is 10.0 Å². The van der Waals surface area contributed by atoms with E-state index in [0.717, 1.165) is 18.4 Å². The molecule has 0 atom stereocenters. The number of pyridine rings is 1. The molecule has 0 aromatic carbocycles. The molecule has 0 aliphatic heterocycles. The lowest BCUT2D eigenvalue weighted by Crippen LogP contribution is -2.37. The maximum absolute atomic E-state index is 12.3. The third kappa shape index (κ3) is 4.49. The minimum absolute atomic E-state index is 0.0807. The van der Waals surface area contributed by atoms with Crippen molar-refractivity contribution in [1.82, 2.24) is 15.0 Å². The highest BCUT2D eigenvalue weighted by Crippen LogP contribution is 2.35. The van der Waals surface area contributed by atoms with Gasteiger partial charge in [-0.2, -0.15) is 0 Å². The lowest BCUT2D eigenvalue weighted by Gasteiger charge is -2.33. The van der Waals surface area contributed by atoms with E-state index in [2.05, 4.69) is 21.9 Å². The van der Waals surface area contributed by atoms with Gasteiger partial charge in [-0.05, 0) is 36.9 Å². The molecule has 6 heteroatoms. The van der Waals surface area contributed by atoms with E-state index >= 15 is 0 Å². The molecule has 0 amide bonds. The molecule has 0 spiro atoms. The number of nitrogens with one attached hydrogen (secondary N) is 2. The molecule has 0 saturated heterocycles. The topological polar surface area (TPSA) is 71.1 Å². The van der Waals surface area contributed by atoms with Gasteiger partial charge in [0.05, 0.1) is 0 Å². The average molecular weight is 311 g/mol. The van der Waals surface area contributed by atoms with Crippen LogP contribution in [0.4, 0.5) is 0 Å². The van der Waals surface area contributed by atoms with E-state index in [0.29, 0.717) is 13.1 Å². The van der Waals surface area contributed by atoms with Gasteiger partial charge >= 0.3 is 0 Å². The first-order chi connectivity index (χ1) is 9.95. The van der Waals surface area contributed by atoms with Crippen molar-refractivity contribution in [2.45, 2.75) is 50.6 Å². The van der Waals surface area contributed by atoms with Crippen LogP contribution >= 0.6 is 0 Å². The maximum atomic E-state index is 12.3. The zero-order chi connectivity index (χ0) is 15.3. The Labute approximate surface area is 127 Å². The fourth-order valence-corrected chi connectivity index (χ4v) is 3.93. The SMILES string of the molecule is CNCc1ccc(S(=O)(=O)NCC2(C)CCCCC2)nc1. The van der Waals surface area contributed by atoms with Crippen LogP contribution in [-0.2, 0) is 16.6 Å². The molecule has 21 heavy (non-hydrogen) atoms. The zero-order valence-corrected chi connectivity index (χ0v) is 13.7. The summed E-state index contributed by atoms with van der Waals surface area (Å²) in [6, 6.07) is 3.36. The molecule has 1 saturated carbocycles. The highest BCUT2D eigenvalue weighted by molar-refractivity contribution is 7.89. The molecule has 0 bridgehead atoms. The fraction of sp³-hybridized carbons (Fsp3) is 0.667. The molecule has 1 fully saturated rings. The van der Waals surface area contributed by atoms with Crippen LogP contribution in [0.1, 0.15) is 44.6 Å². The summed E-state index contributed by atoms with van der Waals surface area (Å²) in [5.74, 6) is 0. The normalized spacial score (nSPS) is 18.6. The Morgan fingerprint density at radius 1 is 1.24 bits per heavy atom. The molecule has 5 nitrogen and oxygen atoms in total. The van der Waals surface area contributed by atoms with Crippen molar-refractivity contribution in [3.05, 3.63) is 23.9 Å². The number of hydrogen-bond acceptors (Lipinski definition) is 4. The van der Waals surface area contributed by atoms with E-state index in [1.165, 1.54) is 19.3 Å². The van der Waals surface area contributed by atoms with Crippen LogP contribution in [0.25, 0.3) is 0 Å². The third-order valence-electron chi connectivity index (χ3n) is 4.20. The number of hydrogen-bond donors (Lipinski definition) is 2. The molecule has 1 aliphatic carbocycles. The molecule has 2 N–H and O–H groups in total. The molecule has 0 unspecified atom stereocenters.